The maximum atomic E-state index is 12.1. The SMILES string of the molecule is CC[C@H](C)NC(=O)CCc1nc2ccccc2n1-c1ccccc1. The van der Waals surface area contributed by atoms with Crippen LogP contribution in [0.3, 0.4) is 0 Å². The molecule has 3 aromatic rings. The van der Waals surface area contributed by atoms with Crippen molar-refractivity contribution in [2.75, 3.05) is 0 Å². The van der Waals surface area contributed by atoms with E-state index in [0.29, 0.717) is 12.8 Å². The Morgan fingerprint density at radius 2 is 1.83 bits per heavy atom. The van der Waals surface area contributed by atoms with Gasteiger partial charge in [0.05, 0.1) is 11.0 Å². The Bertz CT molecular complexity index is 823. The number of benzene rings is 2. The van der Waals surface area contributed by atoms with Crippen LogP contribution in [-0.4, -0.2) is 21.5 Å². The van der Waals surface area contributed by atoms with Crippen molar-refractivity contribution in [3.05, 3.63) is 60.4 Å². The third-order valence-corrected chi connectivity index (χ3v) is 4.24. The third-order valence-electron chi connectivity index (χ3n) is 4.24. The van der Waals surface area contributed by atoms with Crippen molar-refractivity contribution in [2.24, 2.45) is 0 Å². The molecule has 0 fully saturated rings. The van der Waals surface area contributed by atoms with Gasteiger partial charge >= 0.3 is 0 Å². The number of nitrogens with one attached hydrogen (secondary N) is 1. The minimum Gasteiger partial charge on any atom is -0.354 e. The van der Waals surface area contributed by atoms with Crippen molar-refractivity contribution in [2.45, 2.75) is 39.2 Å². The predicted octanol–water partition coefficient (Wildman–Crippen LogP) is 3.87. The molecule has 1 amide bonds. The van der Waals surface area contributed by atoms with Gasteiger partial charge < -0.3 is 5.32 Å². The van der Waals surface area contributed by atoms with E-state index in [4.69, 9.17) is 4.98 Å². The van der Waals surface area contributed by atoms with Crippen LogP contribution in [0.4, 0.5) is 0 Å². The number of aromatic nitrogens is 2. The molecule has 4 nitrogen and oxygen atoms in total. The highest BCUT2D eigenvalue weighted by Crippen LogP contribution is 2.22. The number of fused-ring (bicyclic) bond motifs is 1. The number of imidazole rings is 1. The quantitative estimate of drug-likeness (QED) is 0.749. The van der Waals surface area contributed by atoms with Crippen LogP contribution < -0.4 is 5.32 Å². The fourth-order valence-corrected chi connectivity index (χ4v) is 2.78. The van der Waals surface area contributed by atoms with Crippen molar-refractivity contribution in [3.8, 4) is 5.69 Å². The zero-order valence-electron chi connectivity index (χ0n) is 14.2. The van der Waals surface area contributed by atoms with Gasteiger partial charge in [-0.3, -0.25) is 9.36 Å². The molecule has 124 valence electrons. The number of carbonyl (C=O) groups excluding carboxylic acids is 1. The number of rotatable bonds is 6. The Labute approximate surface area is 142 Å². The van der Waals surface area contributed by atoms with Gasteiger partial charge in [0, 0.05) is 24.6 Å². The van der Waals surface area contributed by atoms with Gasteiger partial charge in [0.15, 0.2) is 0 Å². The molecule has 1 N–H and O–H groups in total. The molecule has 0 saturated carbocycles. The van der Waals surface area contributed by atoms with Crippen molar-refractivity contribution in [3.63, 3.8) is 0 Å². The summed E-state index contributed by atoms with van der Waals surface area (Å²) < 4.78 is 2.14. The van der Waals surface area contributed by atoms with Crippen LogP contribution in [0.1, 0.15) is 32.5 Å². The Morgan fingerprint density at radius 3 is 2.58 bits per heavy atom. The summed E-state index contributed by atoms with van der Waals surface area (Å²) in [5.74, 6) is 0.998. The van der Waals surface area contributed by atoms with Crippen molar-refractivity contribution >= 4 is 16.9 Å². The van der Waals surface area contributed by atoms with E-state index in [-0.39, 0.29) is 11.9 Å². The molecule has 0 saturated heterocycles. The van der Waals surface area contributed by atoms with Crippen molar-refractivity contribution in [1.82, 2.24) is 14.9 Å². The zero-order valence-corrected chi connectivity index (χ0v) is 14.2. The second-order valence-electron chi connectivity index (χ2n) is 6.06. The minimum atomic E-state index is 0.0796. The number of hydrogen-bond acceptors (Lipinski definition) is 2. The highest BCUT2D eigenvalue weighted by atomic mass is 16.1. The summed E-state index contributed by atoms with van der Waals surface area (Å²) in [7, 11) is 0. The molecule has 0 unspecified atom stereocenters. The Balaban J connectivity index is 1.89. The number of carbonyl (C=O) groups is 1. The van der Waals surface area contributed by atoms with Crippen LogP contribution in [0.15, 0.2) is 54.6 Å². The summed E-state index contributed by atoms with van der Waals surface area (Å²) in [4.78, 5) is 16.8. The van der Waals surface area contributed by atoms with Gasteiger partial charge in [-0.2, -0.15) is 0 Å². The standard InChI is InChI=1S/C20H23N3O/c1-3-15(2)21-20(24)14-13-19-22-17-11-7-8-12-18(17)23(19)16-9-5-4-6-10-16/h4-12,15H,3,13-14H2,1-2H3,(H,21,24)/t15-/m0/s1. The lowest BCUT2D eigenvalue weighted by atomic mass is 10.2. The molecule has 1 atom stereocenters. The molecular weight excluding hydrogens is 298 g/mol. The van der Waals surface area contributed by atoms with Gasteiger partial charge in [0.1, 0.15) is 5.82 Å². The van der Waals surface area contributed by atoms with E-state index in [1.807, 2.05) is 43.3 Å². The number of nitrogens with zero attached hydrogens (tertiary/aromatic N) is 2. The normalized spacial score (nSPS) is 12.2. The van der Waals surface area contributed by atoms with E-state index in [0.717, 1.165) is 29.0 Å². The zero-order chi connectivity index (χ0) is 16.9. The number of hydrogen-bond donors (Lipinski definition) is 1. The lowest BCUT2D eigenvalue weighted by Gasteiger charge is -2.12. The van der Waals surface area contributed by atoms with E-state index < -0.39 is 0 Å². The number of amides is 1. The molecule has 3 rings (SSSR count). The molecule has 0 radical (unpaired) electrons. The average Bonchev–Trinajstić information content (AvgIpc) is 2.99. The van der Waals surface area contributed by atoms with Gasteiger partial charge in [-0.1, -0.05) is 37.3 Å². The fourth-order valence-electron chi connectivity index (χ4n) is 2.78. The van der Waals surface area contributed by atoms with Gasteiger partial charge in [0.25, 0.3) is 0 Å². The molecule has 0 aliphatic rings. The highest BCUT2D eigenvalue weighted by Gasteiger charge is 2.14. The molecule has 1 heterocycles. The van der Waals surface area contributed by atoms with E-state index in [1.165, 1.54) is 0 Å². The summed E-state index contributed by atoms with van der Waals surface area (Å²) >= 11 is 0. The maximum Gasteiger partial charge on any atom is 0.220 e. The summed E-state index contributed by atoms with van der Waals surface area (Å²) in [6.07, 6.45) is 2.00. The lowest BCUT2D eigenvalue weighted by Crippen LogP contribution is -2.32. The molecule has 0 spiro atoms. The number of para-hydroxylation sites is 3. The minimum absolute atomic E-state index is 0.0796. The van der Waals surface area contributed by atoms with Crippen LogP contribution >= 0.6 is 0 Å². The monoisotopic (exact) mass is 321 g/mol. The van der Waals surface area contributed by atoms with E-state index in [9.17, 15) is 4.79 Å². The molecule has 4 heteroatoms. The van der Waals surface area contributed by atoms with Crippen LogP contribution in [-0.2, 0) is 11.2 Å². The average molecular weight is 321 g/mol. The van der Waals surface area contributed by atoms with Crippen molar-refractivity contribution < 1.29 is 4.79 Å². The summed E-state index contributed by atoms with van der Waals surface area (Å²) in [5, 5.41) is 3.02. The molecule has 1 aromatic heterocycles. The van der Waals surface area contributed by atoms with Crippen LogP contribution in [0.5, 0.6) is 0 Å². The molecule has 0 aliphatic heterocycles. The third kappa shape index (κ3) is 3.48. The number of aryl methyl sites for hydroxylation is 1. The molecule has 2 aromatic carbocycles. The largest absolute Gasteiger partial charge is 0.354 e. The Morgan fingerprint density at radius 1 is 1.12 bits per heavy atom. The van der Waals surface area contributed by atoms with Gasteiger partial charge in [-0.25, -0.2) is 4.98 Å². The van der Waals surface area contributed by atoms with Gasteiger partial charge in [0.2, 0.25) is 5.91 Å². The lowest BCUT2D eigenvalue weighted by molar-refractivity contribution is -0.121. The predicted molar refractivity (Wildman–Crippen MR) is 97.3 cm³/mol. The molecular formula is C20H23N3O. The summed E-state index contributed by atoms with van der Waals surface area (Å²) in [5.41, 5.74) is 3.10. The van der Waals surface area contributed by atoms with Crippen LogP contribution in [0, 0.1) is 0 Å². The first-order chi connectivity index (χ1) is 11.7. The summed E-state index contributed by atoms with van der Waals surface area (Å²) in [6, 6.07) is 18.5. The van der Waals surface area contributed by atoms with E-state index in [1.54, 1.807) is 0 Å². The second-order valence-corrected chi connectivity index (χ2v) is 6.06. The molecule has 0 bridgehead atoms. The van der Waals surface area contributed by atoms with Crippen LogP contribution in [0.2, 0.25) is 0 Å². The smallest absolute Gasteiger partial charge is 0.220 e. The van der Waals surface area contributed by atoms with Crippen LogP contribution in [0.25, 0.3) is 16.7 Å². The maximum absolute atomic E-state index is 12.1. The first-order valence-corrected chi connectivity index (χ1v) is 8.50. The first kappa shape index (κ1) is 16.2. The first-order valence-electron chi connectivity index (χ1n) is 8.50. The highest BCUT2D eigenvalue weighted by molar-refractivity contribution is 5.79. The second kappa shape index (κ2) is 7.30. The van der Waals surface area contributed by atoms with E-state index in [2.05, 4.69) is 35.0 Å². The Hall–Kier alpha value is -2.62. The summed E-state index contributed by atoms with van der Waals surface area (Å²) in [6.45, 7) is 4.09. The molecule has 0 aliphatic carbocycles. The van der Waals surface area contributed by atoms with E-state index >= 15 is 0 Å². The van der Waals surface area contributed by atoms with Gasteiger partial charge in [-0.05, 0) is 37.6 Å². The fraction of sp³-hybridized carbons (Fsp3) is 0.300. The Kier molecular flexibility index (Phi) is 4.94. The topological polar surface area (TPSA) is 46.9 Å². The van der Waals surface area contributed by atoms with Crippen molar-refractivity contribution in [1.29, 1.82) is 0 Å². The van der Waals surface area contributed by atoms with Gasteiger partial charge in [-0.15, -0.1) is 0 Å². The molecule has 24 heavy (non-hydrogen) atoms.